The molecule has 0 atom stereocenters. The van der Waals surface area contributed by atoms with E-state index in [4.69, 9.17) is 9.47 Å². The highest BCUT2D eigenvalue weighted by atomic mass is 32.1. The van der Waals surface area contributed by atoms with Crippen LogP contribution in [0.1, 0.15) is 27.5 Å². The molecule has 1 aliphatic rings. The van der Waals surface area contributed by atoms with Crippen LogP contribution < -0.4 is 10.1 Å². The Kier molecular flexibility index (Phi) is 5.73. The number of thiazole rings is 1. The molecule has 0 aliphatic heterocycles. The van der Waals surface area contributed by atoms with E-state index < -0.39 is 12.1 Å². The summed E-state index contributed by atoms with van der Waals surface area (Å²) in [6, 6.07) is 23.1. The number of nitrogens with zero attached hydrogens (tertiary/aromatic N) is 1. The predicted octanol–water partition coefficient (Wildman–Crippen LogP) is 5.88. The zero-order valence-corrected chi connectivity index (χ0v) is 19.0. The molecule has 3 aromatic carbocycles. The van der Waals surface area contributed by atoms with Crippen LogP contribution >= 0.6 is 11.3 Å². The van der Waals surface area contributed by atoms with Gasteiger partial charge >= 0.3 is 12.1 Å². The number of carbonyl (C=O) groups excluding carboxylic acids is 1. The SMILES string of the molecule is COc1ccc(-c2sc(NC(=O)OCC3c4ccccc4-c4ccccc43)nc2C(=O)O)cc1. The molecule has 0 spiro atoms. The third-order valence-corrected chi connectivity index (χ3v) is 6.75. The highest BCUT2D eigenvalue weighted by molar-refractivity contribution is 7.19. The third kappa shape index (κ3) is 3.99. The van der Waals surface area contributed by atoms with E-state index in [1.165, 1.54) is 0 Å². The van der Waals surface area contributed by atoms with Gasteiger partial charge in [0.15, 0.2) is 10.8 Å². The molecule has 1 heterocycles. The number of anilines is 1. The number of hydrogen-bond acceptors (Lipinski definition) is 6. The van der Waals surface area contributed by atoms with E-state index in [0.717, 1.165) is 33.6 Å². The molecule has 34 heavy (non-hydrogen) atoms. The molecule has 0 bridgehead atoms. The number of aromatic carboxylic acids is 1. The van der Waals surface area contributed by atoms with Crippen molar-refractivity contribution in [2.45, 2.75) is 5.92 Å². The Bertz CT molecular complexity index is 1330. The van der Waals surface area contributed by atoms with Crippen LogP contribution in [0.5, 0.6) is 5.75 Å². The number of ether oxygens (including phenoxy) is 2. The minimum atomic E-state index is -1.18. The Hall–Kier alpha value is -4.17. The first-order valence-corrected chi connectivity index (χ1v) is 11.4. The number of rotatable bonds is 6. The fourth-order valence-corrected chi connectivity index (χ4v) is 5.13. The van der Waals surface area contributed by atoms with Crippen molar-refractivity contribution in [2.24, 2.45) is 0 Å². The molecular weight excluding hydrogens is 452 g/mol. The van der Waals surface area contributed by atoms with Crippen molar-refractivity contribution < 1.29 is 24.2 Å². The summed E-state index contributed by atoms with van der Waals surface area (Å²) in [7, 11) is 1.56. The lowest BCUT2D eigenvalue weighted by atomic mass is 9.98. The van der Waals surface area contributed by atoms with E-state index in [1.54, 1.807) is 31.4 Å². The molecule has 0 radical (unpaired) electrons. The van der Waals surface area contributed by atoms with Crippen molar-refractivity contribution in [3.8, 4) is 27.3 Å². The lowest BCUT2D eigenvalue weighted by Gasteiger charge is -2.14. The largest absolute Gasteiger partial charge is 0.497 e. The van der Waals surface area contributed by atoms with Crippen molar-refractivity contribution in [1.82, 2.24) is 4.98 Å². The number of aromatic nitrogens is 1. The molecule has 0 fully saturated rings. The van der Waals surface area contributed by atoms with Crippen LogP contribution in [0.15, 0.2) is 72.8 Å². The topological polar surface area (TPSA) is 97.8 Å². The lowest BCUT2D eigenvalue weighted by Crippen LogP contribution is -2.18. The van der Waals surface area contributed by atoms with E-state index in [9.17, 15) is 14.7 Å². The molecule has 7 nitrogen and oxygen atoms in total. The van der Waals surface area contributed by atoms with Gasteiger partial charge in [-0.15, -0.1) is 0 Å². The highest BCUT2D eigenvalue weighted by Crippen LogP contribution is 2.44. The number of fused-ring (bicyclic) bond motifs is 3. The summed E-state index contributed by atoms with van der Waals surface area (Å²) in [5.41, 5.74) is 5.03. The van der Waals surface area contributed by atoms with Gasteiger partial charge in [0.05, 0.1) is 12.0 Å². The number of hydrogen-bond donors (Lipinski definition) is 2. The van der Waals surface area contributed by atoms with E-state index in [2.05, 4.69) is 22.4 Å². The molecule has 1 amide bonds. The predicted molar refractivity (Wildman–Crippen MR) is 130 cm³/mol. The highest BCUT2D eigenvalue weighted by Gasteiger charge is 2.29. The Morgan fingerprint density at radius 2 is 1.59 bits per heavy atom. The summed E-state index contributed by atoms with van der Waals surface area (Å²) in [5.74, 6) is -0.594. The quantitative estimate of drug-likeness (QED) is 0.364. The first-order valence-electron chi connectivity index (χ1n) is 10.6. The molecule has 1 aliphatic carbocycles. The van der Waals surface area contributed by atoms with Crippen molar-refractivity contribution in [2.75, 3.05) is 19.0 Å². The molecule has 8 heteroatoms. The second kappa shape index (κ2) is 8.99. The summed E-state index contributed by atoms with van der Waals surface area (Å²) in [6.45, 7) is 0.155. The van der Waals surface area contributed by atoms with E-state index >= 15 is 0 Å². The molecule has 170 valence electrons. The number of methoxy groups -OCH3 is 1. The van der Waals surface area contributed by atoms with E-state index in [0.29, 0.717) is 16.2 Å². The van der Waals surface area contributed by atoms with Crippen molar-refractivity contribution in [1.29, 1.82) is 0 Å². The van der Waals surface area contributed by atoms with E-state index in [-0.39, 0.29) is 23.4 Å². The smallest absolute Gasteiger partial charge is 0.413 e. The van der Waals surface area contributed by atoms with Gasteiger partial charge in [-0.1, -0.05) is 59.9 Å². The van der Waals surface area contributed by atoms with Crippen LogP contribution in [-0.4, -0.2) is 35.9 Å². The van der Waals surface area contributed by atoms with Gasteiger partial charge in [0.25, 0.3) is 0 Å². The molecule has 4 aromatic rings. The van der Waals surface area contributed by atoms with E-state index in [1.807, 2.05) is 36.4 Å². The minimum Gasteiger partial charge on any atom is -0.497 e. The zero-order chi connectivity index (χ0) is 23.7. The molecule has 0 saturated heterocycles. The summed E-state index contributed by atoms with van der Waals surface area (Å²) in [6.07, 6.45) is -0.686. The van der Waals surface area contributed by atoms with Crippen LogP contribution in [0.3, 0.4) is 0 Å². The van der Waals surface area contributed by atoms with Gasteiger partial charge in [-0.05, 0) is 52.1 Å². The fourth-order valence-electron chi connectivity index (χ4n) is 4.18. The second-order valence-corrected chi connectivity index (χ2v) is 8.68. The lowest BCUT2D eigenvalue weighted by molar-refractivity contribution is 0.0692. The maximum Gasteiger partial charge on any atom is 0.413 e. The monoisotopic (exact) mass is 472 g/mol. The molecule has 5 rings (SSSR count). The number of carboxylic acid groups (broad SMARTS) is 1. The summed E-state index contributed by atoms with van der Waals surface area (Å²) >= 11 is 1.07. The number of carbonyl (C=O) groups is 2. The average Bonchev–Trinajstić information content (AvgIpc) is 3.42. The molecule has 0 saturated carbocycles. The number of benzene rings is 3. The summed E-state index contributed by atoms with van der Waals surface area (Å²) < 4.78 is 10.7. The van der Waals surface area contributed by atoms with Gasteiger partial charge in [0.1, 0.15) is 12.4 Å². The maximum absolute atomic E-state index is 12.6. The van der Waals surface area contributed by atoms with Crippen LogP contribution in [0.4, 0.5) is 9.93 Å². The minimum absolute atomic E-state index is 0.0705. The first kappa shape index (κ1) is 21.7. The summed E-state index contributed by atoms with van der Waals surface area (Å²) in [5, 5.41) is 12.3. The van der Waals surface area contributed by atoms with Crippen molar-refractivity contribution >= 4 is 28.5 Å². The standard InChI is InChI=1S/C26H20N2O5S/c1-32-16-12-10-15(11-13-16)23-22(24(29)30)27-25(34-23)28-26(31)33-14-21-19-8-4-2-6-17(19)18-7-3-5-9-20(18)21/h2-13,21H,14H2,1H3,(H,29,30)(H,27,28,31). The van der Waals surface area contributed by atoms with Crippen molar-refractivity contribution in [3.05, 3.63) is 89.6 Å². The van der Waals surface area contributed by atoms with Crippen LogP contribution in [-0.2, 0) is 4.74 Å². The Morgan fingerprint density at radius 1 is 0.971 bits per heavy atom. The summed E-state index contributed by atoms with van der Waals surface area (Å²) in [4.78, 5) is 28.8. The maximum atomic E-state index is 12.6. The number of carboxylic acids is 1. The Labute approximate surface area is 199 Å². The van der Waals surface area contributed by atoms with Gasteiger partial charge in [-0.25, -0.2) is 14.6 Å². The number of nitrogens with one attached hydrogen (secondary N) is 1. The molecule has 0 unspecified atom stereocenters. The average molecular weight is 473 g/mol. The van der Waals surface area contributed by atoms with Crippen LogP contribution in [0.25, 0.3) is 21.6 Å². The van der Waals surface area contributed by atoms with Gasteiger partial charge in [-0.3, -0.25) is 5.32 Å². The molecule has 2 N–H and O–H groups in total. The van der Waals surface area contributed by atoms with Crippen LogP contribution in [0, 0.1) is 0 Å². The third-order valence-electron chi connectivity index (χ3n) is 5.73. The van der Waals surface area contributed by atoms with Gasteiger partial charge in [0, 0.05) is 5.92 Å². The van der Waals surface area contributed by atoms with Gasteiger partial charge in [-0.2, -0.15) is 0 Å². The second-order valence-electron chi connectivity index (χ2n) is 7.68. The van der Waals surface area contributed by atoms with Gasteiger partial charge < -0.3 is 14.6 Å². The van der Waals surface area contributed by atoms with Gasteiger partial charge in [0.2, 0.25) is 0 Å². The zero-order valence-electron chi connectivity index (χ0n) is 18.1. The number of amides is 1. The first-order chi connectivity index (χ1) is 16.5. The molecule has 1 aromatic heterocycles. The Balaban J connectivity index is 1.32. The van der Waals surface area contributed by atoms with Crippen LogP contribution in [0.2, 0.25) is 0 Å². The van der Waals surface area contributed by atoms with Crippen molar-refractivity contribution in [3.63, 3.8) is 0 Å². The Morgan fingerprint density at radius 3 is 2.18 bits per heavy atom. The molecular formula is C26H20N2O5S. The fraction of sp³-hybridized carbons (Fsp3) is 0.115. The normalized spacial score (nSPS) is 12.0.